The summed E-state index contributed by atoms with van der Waals surface area (Å²) in [7, 11) is 0. The Morgan fingerprint density at radius 1 is 0.870 bits per heavy atom. The number of hydrogen-bond donors (Lipinski definition) is 1. The largest absolute Gasteiger partial charge is 0.393 e. The van der Waals surface area contributed by atoms with Crippen LogP contribution in [0.1, 0.15) is 78.6 Å². The molecule has 1 N–H and O–H groups in total. The highest BCUT2D eigenvalue weighted by Gasteiger charge is 2.59. The predicted molar refractivity (Wildman–Crippen MR) is 96.0 cm³/mol. The lowest BCUT2D eigenvalue weighted by Crippen LogP contribution is -2.53. The van der Waals surface area contributed by atoms with Gasteiger partial charge in [-0.25, -0.2) is 0 Å². The van der Waals surface area contributed by atoms with Crippen molar-refractivity contribution in [3.8, 4) is 0 Å². The fourth-order valence-electron chi connectivity index (χ4n) is 7.82. The second-order valence-corrected chi connectivity index (χ2v) is 9.84. The van der Waals surface area contributed by atoms with Gasteiger partial charge in [-0.05, 0) is 105 Å². The summed E-state index contributed by atoms with van der Waals surface area (Å²) >= 11 is 0. The molecule has 0 radical (unpaired) electrons. The van der Waals surface area contributed by atoms with Gasteiger partial charge in [0.05, 0.1) is 6.10 Å². The third-order valence-electron chi connectivity index (χ3n) is 9.14. The van der Waals surface area contributed by atoms with Crippen LogP contribution in [0, 0.1) is 40.4 Å². The molecule has 130 valence electrons. The van der Waals surface area contributed by atoms with Gasteiger partial charge in [-0.3, -0.25) is 0 Å². The molecule has 4 aliphatic rings. The number of aliphatic hydroxyl groups excluding tert-OH is 1. The molecule has 0 unspecified atom stereocenters. The molecule has 4 fully saturated rings. The summed E-state index contributed by atoms with van der Waals surface area (Å²) in [5, 5.41) is 10.1. The van der Waals surface area contributed by atoms with Crippen molar-refractivity contribution in [3.63, 3.8) is 0 Å². The summed E-state index contributed by atoms with van der Waals surface area (Å²) in [5.41, 5.74) is 1.10. The zero-order chi connectivity index (χ0) is 16.2. The van der Waals surface area contributed by atoms with Crippen LogP contribution in [0.25, 0.3) is 0 Å². The van der Waals surface area contributed by atoms with Gasteiger partial charge in [0.2, 0.25) is 0 Å². The SMILES string of the molecule is CC=C[C@H]1CC[C@H]2[C@@H]3CC[C@H]4C[C@H](O)CC[C@]4(C)[C@H]3CC[C@]12C. The number of allylic oxidation sites excluding steroid dienone is 2. The molecule has 0 aromatic heterocycles. The van der Waals surface area contributed by atoms with Gasteiger partial charge in [-0.2, -0.15) is 0 Å². The molecule has 0 amide bonds. The molecule has 0 heterocycles. The molecule has 4 rings (SSSR count). The molecule has 0 spiro atoms. The van der Waals surface area contributed by atoms with Crippen molar-refractivity contribution in [2.75, 3.05) is 0 Å². The topological polar surface area (TPSA) is 20.2 Å². The minimum atomic E-state index is -0.0102. The second kappa shape index (κ2) is 5.61. The second-order valence-electron chi connectivity index (χ2n) is 9.84. The summed E-state index contributed by atoms with van der Waals surface area (Å²) in [5.74, 6) is 4.51. The molecule has 1 heteroatoms. The van der Waals surface area contributed by atoms with Gasteiger partial charge < -0.3 is 5.11 Å². The van der Waals surface area contributed by atoms with Crippen LogP contribution in [0.4, 0.5) is 0 Å². The molecule has 0 bridgehead atoms. The summed E-state index contributed by atoms with van der Waals surface area (Å²) in [6, 6.07) is 0. The first-order chi connectivity index (χ1) is 11.0. The number of hydrogen-bond acceptors (Lipinski definition) is 1. The van der Waals surface area contributed by atoms with E-state index in [2.05, 4.69) is 32.9 Å². The van der Waals surface area contributed by atoms with Crippen molar-refractivity contribution in [1.82, 2.24) is 0 Å². The van der Waals surface area contributed by atoms with Crippen molar-refractivity contribution >= 4 is 0 Å². The van der Waals surface area contributed by atoms with Gasteiger partial charge in [0.15, 0.2) is 0 Å². The first-order valence-corrected chi connectivity index (χ1v) is 10.3. The van der Waals surface area contributed by atoms with Crippen molar-refractivity contribution in [2.24, 2.45) is 40.4 Å². The van der Waals surface area contributed by atoms with Crippen LogP contribution in [0.2, 0.25) is 0 Å². The quantitative estimate of drug-likeness (QED) is 0.626. The maximum Gasteiger partial charge on any atom is 0.0543 e. The zero-order valence-corrected chi connectivity index (χ0v) is 15.4. The number of aliphatic hydroxyl groups is 1. The zero-order valence-electron chi connectivity index (χ0n) is 15.4. The van der Waals surface area contributed by atoms with E-state index in [0.717, 1.165) is 42.4 Å². The molecule has 23 heavy (non-hydrogen) atoms. The van der Waals surface area contributed by atoms with Gasteiger partial charge in [0.25, 0.3) is 0 Å². The Morgan fingerprint density at radius 2 is 1.61 bits per heavy atom. The molecule has 0 aromatic rings. The van der Waals surface area contributed by atoms with Crippen molar-refractivity contribution in [1.29, 1.82) is 0 Å². The lowest BCUT2D eigenvalue weighted by molar-refractivity contribution is -0.124. The number of rotatable bonds is 1. The molecule has 4 aliphatic carbocycles. The third-order valence-corrected chi connectivity index (χ3v) is 9.14. The average molecular weight is 317 g/mol. The standard InChI is InChI=1S/C22H36O/c1-4-5-15-7-9-19-18-8-6-16-14-17(23)10-12-22(16,3)20(18)11-13-21(15,19)2/h4-5,15-20,23H,6-14H2,1-3H3/t15-,16-,17+,18-,19-,20-,21+,22-/m0/s1. The van der Waals surface area contributed by atoms with Gasteiger partial charge in [0, 0.05) is 0 Å². The molecule has 0 aliphatic heterocycles. The van der Waals surface area contributed by atoms with Gasteiger partial charge in [0.1, 0.15) is 0 Å². The van der Waals surface area contributed by atoms with E-state index < -0.39 is 0 Å². The van der Waals surface area contributed by atoms with Crippen LogP contribution in [-0.2, 0) is 0 Å². The Bertz CT molecular complexity index is 482. The molecule has 0 aromatic carbocycles. The fourth-order valence-corrected chi connectivity index (χ4v) is 7.82. The summed E-state index contributed by atoms with van der Waals surface area (Å²) in [4.78, 5) is 0. The minimum Gasteiger partial charge on any atom is -0.393 e. The molecule has 8 atom stereocenters. The highest BCUT2D eigenvalue weighted by Crippen LogP contribution is 2.67. The van der Waals surface area contributed by atoms with E-state index in [0.29, 0.717) is 10.8 Å². The molecular weight excluding hydrogens is 280 g/mol. The first kappa shape index (κ1) is 16.2. The van der Waals surface area contributed by atoms with E-state index in [1.54, 1.807) is 0 Å². The van der Waals surface area contributed by atoms with Crippen molar-refractivity contribution in [2.45, 2.75) is 84.7 Å². The summed E-state index contributed by atoms with van der Waals surface area (Å²) in [6.45, 7) is 7.41. The molecule has 1 nitrogen and oxygen atoms in total. The van der Waals surface area contributed by atoms with Crippen LogP contribution in [-0.4, -0.2) is 11.2 Å². The van der Waals surface area contributed by atoms with Crippen molar-refractivity contribution < 1.29 is 5.11 Å². The van der Waals surface area contributed by atoms with E-state index in [9.17, 15) is 5.11 Å². The Labute approximate surface area is 142 Å². The van der Waals surface area contributed by atoms with Crippen LogP contribution in [0.5, 0.6) is 0 Å². The molecule has 0 saturated heterocycles. The molecule has 4 saturated carbocycles. The van der Waals surface area contributed by atoms with E-state index >= 15 is 0 Å². The van der Waals surface area contributed by atoms with E-state index in [-0.39, 0.29) is 6.10 Å². The van der Waals surface area contributed by atoms with Gasteiger partial charge in [-0.15, -0.1) is 0 Å². The first-order valence-electron chi connectivity index (χ1n) is 10.3. The smallest absolute Gasteiger partial charge is 0.0543 e. The van der Waals surface area contributed by atoms with Crippen molar-refractivity contribution in [3.05, 3.63) is 12.2 Å². The maximum absolute atomic E-state index is 10.1. The average Bonchev–Trinajstić information content (AvgIpc) is 2.85. The highest BCUT2D eigenvalue weighted by molar-refractivity contribution is 5.12. The molecular formula is C22H36O. The lowest BCUT2D eigenvalue weighted by Gasteiger charge is -2.60. The Hall–Kier alpha value is -0.300. The van der Waals surface area contributed by atoms with E-state index in [4.69, 9.17) is 0 Å². The van der Waals surface area contributed by atoms with Gasteiger partial charge in [-0.1, -0.05) is 26.0 Å². The maximum atomic E-state index is 10.1. The minimum absolute atomic E-state index is 0.0102. The van der Waals surface area contributed by atoms with E-state index in [1.807, 2.05) is 0 Å². The summed E-state index contributed by atoms with van der Waals surface area (Å²) < 4.78 is 0. The summed E-state index contributed by atoms with van der Waals surface area (Å²) in [6.07, 6.45) is 16.8. The predicted octanol–water partition coefficient (Wildman–Crippen LogP) is 5.58. The van der Waals surface area contributed by atoms with Gasteiger partial charge >= 0.3 is 0 Å². The fraction of sp³-hybridized carbons (Fsp3) is 0.909. The third kappa shape index (κ3) is 2.29. The monoisotopic (exact) mass is 316 g/mol. The van der Waals surface area contributed by atoms with Crippen LogP contribution >= 0.6 is 0 Å². The Balaban J connectivity index is 1.60. The Morgan fingerprint density at radius 3 is 2.39 bits per heavy atom. The van der Waals surface area contributed by atoms with E-state index in [1.165, 1.54) is 44.9 Å². The van der Waals surface area contributed by atoms with Crippen LogP contribution in [0.3, 0.4) is 0 Å². The number of fused-ring (bicyclic) bond motifs is 5. The van der Waals surface area contributed by atoms with Crippen LogP contribution in [0.15, 0.2) is 12.2 Å². The highest BCUT2D eigenvalue weighted by atomic mass is 16.3. The normalized spacial score (nSPS) is 56.2. The Kier molecular flexibility index (Phi) is 3.95. The van der Waals surface area contributed by atoms with Crippen LogP contribution < -0.4 is 0 Å². The lowest BCUT2D eigenvalue weighted by atomic mass is 9.44.